The van der Waals surface area contributed by atoms with Crippen LogP contribution >= 0.6 is 0 Å². The topological polar surface area (TPSA) is 77.2 Å². The highest BCUT2D eigenvalue weighted by Gasteiger charge is 2.10. The van der Waals surface area contributed by atoms with Crippen LogP contribution in [0.1, 0.15) is 16.8 Å². The first kappa shape index (κ1) is 13.3. The van der Waals surface area contributed by atoms with Crippen LogP contribution in [0, 0.1) is 20.8 Å². The Bertz CT molecular complexity index is 638. The molecule has 5 heteroatoms. The van der Waals surface area contributed by atoms with E-state index >= 15 is 0 Å². The Kier molecular flexibility index (Phi) is 3.66. The number of aryl methyl sites for hydroxylation is 3. The van der Waals surface area contributed by atoms with E-state index in [1.54, 1.807) is 0 Å². The molecule has 1 amide bonds. The van der Waals surface area contributed by atoms with Crippen LogP contribution in [0.4, 0.5) is 0 Å². The zero-order valence-electron chi connectivity index (χ0n) is 11.3. The van der Waals surface area contributed by atoms with E-state index in [1.807, 2.05) is 44.4 Å². The number of benzene rings is 1. The van der Waals surface area contributed by atoms with Crippen molar-refractivity contribution in [2.24, 2.45) is 5.84 Å². The molecule has 0 fully saturated rings. The van der Waals surface area contributed by atoms with Crippen LogP contribution in [0.5, 0.6) is 5.75 Å². The van der Waals surface area contributed by atoms with Gasteiger partial charge in [-0.15, -0.1) is 0 Å². The van der Waals surface area contributed by atoms with Gasteiger partial charge in [-0.2, -0.15) is 0 Å². The Morgan fingerprint density at radius 2 is 2.11 bits per heavy atom. The number of carbonyl (C=O) groups is 1. The van der Waals surface area contributed by atoms with Crippen molar-refractivity contribution in [1.29, 1.82) is 0 Å². The second kappa shape index (κ2) is 5.24. The molecule has 100 valence electrons. The van der Waals surface area contributed by atoms with Gasteiger partial charge in [-0.3, -0.25) is 15.2 Å². The van der Waals surface area contributed by atoms with Gasteiger partial charge in [0.15, 0.2) is 6.61 Å². The normalized spacial score (nSPS) is 10.5. The number of nitrogens with zero attached hydrogens (tertiary/aromatic N) is 1. The minimum atomic E-state index is -0.369. The lowest BCUT2D eigenvalue weighted by molar-refractivity contribution is -0.123. The van der Waals surface area contributed by atoms with E-state index in [0.717, 1.165) is 22.2 Å². The van der Waals surface area contributed by atoms with Crippen LogP contribution < -0.4 is 16.0 Å². The van der Waals surface area contributed by atoms with E-state index in [0.29, 0.717) is 5.75 Å². The van der Waals surface area contributed by atoms with Crippen molar-refractivity contribution in [2.45, 2.75) is 20.8 Å². The fourth-order valence-electron chi connectivity index (χ4n) is 1.92. The van der Waals surface area contributed by atoms with Gasteiger partial charge in [-0.05, 0) is 38.0 Å². The first-order valence-corrected chi connectivity index (χ1v) is 6.02. The van der Waals surface area contributed by atoms with Crippen LogP contribution in [0.2, 0.25) is 0 Å². The average molecular weight is 259 g/mol. The zero-order chi connectivity index (χ0) is 14.0. The molecule has 1 aromatic carbocycles. The van der Waals surface area contributed by atoms with Crippen molar-refractivity contribution in [1.82, 2.24) is 10.4 Å². The molecule has 0 radical (unpaired) electrons. The molecule has 19 heavy (non-hydrogen) atoms. The van der Waals surface area contributed by atoms with Gasteiger partial charge in [0.05, 0.1) is 5.52 Å². The van der Waals surface area contributed by atoms with Gasteiger partial charge in [-0.1, -0.05) is 6.07 Å². The number of hydrogen-bond donors (Lipinski definition) is 2. The number of carbonyl (C=O) groups excluding carboxylic acids is 1. The highest BCUT2D eigenvalue weighted by Crippen LogP contribution is 2.28. The first-order valence-electron chi connectivity index (χ1n) is 6.02. The Labute approximate surface area is 111 Å². The van der Waals surface area contributed by atoms with Crippen molar-refractivity contribution in [2.75, 3.05) is 6.61 Å². The Balaban J connectivity index is 2.49. The van der Waals surface area contributed by atoms with Crippen molar-refractivity contribution in [3.05, 3.63) is 35.0 Å². The summed E-state index contributed by atoms with van der Waals surface area (Å²) < 4.78 is 5.52. The molecular weight excluding hydrogens is 242 g/mol. The third kappa shape index (κ3) is 2.66. The van der Waals surface area contributed by atoms with Crippen LogP contribution in [0.25, 0.3) is 10.9 Å². The summed E-state index contributed by atoms with van der Waals surface area (Å²) in [5.41, 5.74) is 6.09. The van der Waals surface area contributed by atoms with E-state index in [4.69, 9.17) is 10.6 Å². The van der Waals surface area contributed by atoms with Crippen molar-refractivity contribution in [3.63, 3.8) is 0 Å². The van der Waals surface area contributed by atoms with Crippen LogP contribution in [-0.2, 0) is 4.79 Å². The fraction of sp³-hybridized carbons (Fsp3) is 0.286. The number of hydrogen-bond acceptors (Lipinski definition) is 4. The molecule has 1 heterocycles. The molecule has 0 saturated carbocycles. The predicted octanol–water partition coefficient (Wildman–Crippen LogP) is 1.53. The molecule has 0 unspecified atom stereocenters. The third-order valence-electron chi connectivity index (χ3n) is 3.12. The largest absolute Gasteiger partial charge is 0.483 e. The van der Waals surface area contributed by atoms with E-state index in [-0.39, 0.29) is 12.5 Å². The number of aromatic nitrogens is 1. The number of ether oxygens (including phenoxy) is 1. The zero-order valence-corrected chi connectivity index (χ0v) is 11.3. The van der Waals surface area contributed by atoms with Crippen molar-refractivity contribution in [3.8, 4) is 5.75 Å². The SMILES string of the molecule is Cc1cc(OCC(=O)NN)c2ccc(C)c(C)c2n1. The molecule has 0 atom stereocenters. The summed E-state index contributed by atoms with van der Waals surface area (Å²) in [7, 11) is 0. The summed E-state index contributed by atoms with van der Waals surface area (Å²) in [4.78, 5) is 15.7. The highest BCUT2D eigenvalue weighted by molar-refractivity contribution is 5.89. The first-order chi connectivity index (χ1) is 9.02. The number of pyridine rings is 1. The number of nitrogens with two attached hydrogens (primary N) is 1. The molecule has 2 aromatic rings. The molecule has 0 aliphatic heterocycles. The number of rotatable bonds is 3. The highest BCUT2D eigenvalue weighted by atomic mass is 16.5. The maximum atomic E-state index is 11.2. The van der Waals surface area contributed by atoms with Crippen LogP contribution in [0.3, 0.4) is 0 Å². The standard InChI is InChI=1S/C14H17N3O2/c1-8-4-5-11-12(19-7-13(18)17-15)6-9(2)16-14(11)10(8)3/h4-6H,7,15H2,1-3H3,(H,17,18). The summed E-state index contributed by atoms with van der Waals surface area (Å²) in [5, 5.41) is 0.901. The van der Waals surface area contributed by atoms with Gasteiger partial charge in [0.1, 0.15) is 5.75 Å². The number of hydrazine groups is 1. The fourth-order valence-corrected chi connectivity index (χ4v) is 1.92. The van der Waals surface area contributed by atoms with Crippen molar-refractivity contribution < 1.29 is 9.53 Å². The minimum absolute atomic E-state index is 0.109. The summed E-state index contributed by atoms with van der Waals surface area (Å²) in [5.74, 6) is 5.31. The van der Waals surface area contributed by atoms with Gasteiger partial charge in [0.25, 0.3) is 5.91 Å². The second-order valence-electron chi connectivity index (χ2n) is 4.52. The smallest absolute Gasteiger partial charge is 0.271 e. The van der Waals surface area contributed by atoms with E-state index < -0.39 is 0 Å². The monoisotopic (exact) mass is 259 g/mol. The summed E-state index contributed by atoms with van der Waals surface area (Å²) >= 11 is 0. The van der Waals surface area contributed by atoms with Crippen LogP contribution in [0.15, 0.2) is 18.2 Å². The van der Waals surface area contributed by atoms with Crippen LogP contribution in [-0.4, -0.2) is 17.5 Å². The molecule has 0 aliphatic carbocycles. The lowest BCUT2D eigenvalue weighted by Gasteiger charge is -2.12. The molecule has 0 spiro atoms. The summed E-state index contributed by atoms with van der Waals surface area (Å²) in [6.45, 7) is 5.86. The number of fused-ring (bicyclic) bond motifs is 1. The lowest BCUT2D eigenvalue weighted by Crippen LogP contribution is -2.34. The van der Waals surface area contributed by atoms with Gasteiger partial charge in [0, 0.05) is 17.1 Å². The Hall–Kier alpha value is -2.14. The third-order valence-corrected chi connectivity index (χ3v) is 3.12. The summed E-state index contributed by atoms with van der Waals surface area (Å²) in [6.07, 6.45) is 0. The molecule has 0 aliphatic rings. The predicted molar refractivity (Wildman–Crippen MR) is 73.8 cm³/mol. The Morgan fingerprint density at radius 1 is 1.37 bits per heavy atom. The molecule has 0 saturated heterocycles. The Morgan fingerprint density at radius 3 is 2.79 bits per heavy atom. The van der Waals surface area contributed by atoms with E-state index in [9.17, 15) is 4.79 Å². The van der Waals surface area contributed by atoms with E-state index in [1.165, 1.54) is 5.56 Å². The number of amides is 1. The molecule has 3 N–H and O–H groups in total. The van der Waals surface area contributed by atoms with Gasteiger partial charge >= 0.3 is 0 Å². The maximum absolute atomic E-state index is 11.2. The van der Waals surface area contributed by atoms with E-state index in [2.05, 4.69) is 4.98 Å². The maximum Gasteiger partial charge on any atom is 0.271 e. The van der Waals surface area contributed by atoms with Gasteiger partial charge in [0.2, 0.25) is 0 Å². The summed E-state index contributed by atoms with van der Waals surface area (Å²) in [6, 6.07) is 5.80. The van der Waals surface area contributed by atoms with Gasteiger partial charge < -0.3 is 4.74 Å². The van der Waals surface area contributed by atoms with Gasteiger partial charge in [-0.25, -0.2) is 5.84 Å². The lowest BCUT2D eigenvalue weighted by atomic mass is 10.0. The molecule has 1 aromatic heterocycles. The number of nitrogens with one attached hydrogen (secondary N) is 1. The quantitative estimate of drug-likeness (QED) is 0.498. The van der Waals surface area contributed by atoms with Crippen molar-refractivity contribution >= 4 is 16.8 Å². The molecular formula is C14H17N3O2. The molecule has 2 rings (SSSR count). The second-order valence-corrected chi connectivity index (χ2v) is 4.52. The molecule has 5 nitrogen and oxygen atoms in total. The average Bonchev–Trinajstić information content (AvgIpc) is 2.40. The molecule has 0 bridgehead atoms. The minimum Gasteiger partial charge on any atom is -0.483 e.